The van der Waals surface area contributed by atoms with Gasteiger partial charge in [0.1, 0.15) is 5.69 Å². The van der Waals surface area contributed by atoms with Crippen LogP contribution in [0.3, 0.4) is 0 Å². The number of rotatable bonds is 4. The van der Waals surface area contributed by atoms with Crippen molar-refractivity contribution in [2.75, 3.05) is 6.54 Å². The lowest BCUT2D eigenvalue weighted by molar-refractivity contribution is 0.0897. The molecule has 0 saturated heterocycles. The Morgan fingerprint density at radius 1 is 1.44 bits per heavy atom. The average molecular weight is 244 g/mol. The fraction of sp³-hybridized carbons (Fsp3) is 0.357. The molecule has 3 rings (SSSR count). The fourth-order valence-electron chi connectivity index (χ4n) is 2.14. The summed E-state index contributed by atoms with van der Waals surface area (Å²) in [4.78, 5) is 15.0. The molecule has 1 aromatic carbocycles. The second-order valence-electron chi connectivity index (χ2n) is 4.89. The number of aromatic nitrogens is 1. The van der Waals surface area contributed by atoms with Gasteiger partial charge in [0.2, 0.25) is 0 Å². The highest BCUT2D eigenvalue weighted by Crippen LogP contribution is 2.32. The first kappa shape index (κ1) is 11.3. The van der Waals surface area contributed by atoms with Crippen LogP contribution in [-0.2, 0) is 0 Å². The number of hydrogen-bond acceptors (Lipinski definition) is 2. The number of aromatic amines is 1. The summed E-state index contributed by atoms with van der Waals surface area (Å²) >= 11 is 0. The van der Waals surface area contributed by atoms with Gasteiger partial charge in [0.05, 0.1) is 6.10 Å². The zero-order chi connectivity index (χ0) is 12.5. The lowest BCUT2D eigenvalue weighted by Crippen LogP contribution is -2.33. The second kappa shape index (κ2) is 4.46. The molecule has 1 amide bonds. The molecule has 0 spiro atoms. The summed E-state index contributed by atoms with van der Waals surface area (Å²) in [6.07, 6.45) is 1.74. The van der Waals surface area contributed by atoms with Crippen LogP contribution in [0.5, 0.6) is 0 Å². The molecule has 1 aliphatic carbocycles. The van der Waals surface area contributed by atoms with Gasteiger partial charge in [-0.05, 0) is 30.9 Å². The first-order chi connectivity index (χ1) is 8.74. The summed E-state index contributed by atoms with van der Waals surface area (Å²) in [7, 11) is 0. The van der Waals surface area contributed by atoms with E-state index in [0.29, 0.717) is 18.2 Å². The lowest BCUT2D eigenvalue weighted by atomic mass is 10.2. The van der Waals surface area contributed by atoms with Crippen LogP contribution >= 0.6 is 0 Å². The van der Waals surface area contributed by atoms with E-state index < -0.39 is 6.10 Å². The van der Waals surface area contributed by atoms with Crippen molar-refractivity contribution >= 4 is 16.8 Å². The molecule has 4 heteroatoms. The summed E-state index contributed by atoms with van der Waals surface area (Å²) in [5.74, 6) is 0.221. The molecule has 1 aliphatic rings. The lowest BCUT2D eigenvalue weighted by Gasteiger charge is -2.09. The molecule has 1 aromatic heterocycles. The largest absolute Gasteiger partial charge is 0.391 e. The third-order valence-corrected chi connectivity index (χ3v) is 3.41. The molecule has 0 aliphatic heterocycles. The van der Waals surface area contributed by atoms with Gasteiger partial charge >= 0.3 is 0 Å². The van der Waals surface area contributed by atoms with Crippen LogP contribution < -0.4 is 5.32 Å². The number of fused-ring (bicyclic) bond motifs is 1. The Morgan fingerprint density at radius 2 is 2.22 bits per heavy atom. The van der Waals surface area contributed by atoms with Crippen molar-refractivity contribution in [1.82, 2.24) is 10.3 Å². The summed E-state index contributed by atoms with van der Waals surface area (Å²) < 4.78 is 0. The number of para-hydroxylation sites is 1. The Hall–Kier alpha value is -1.81. The van der Waals surface area contributed by atoms with Gasteiger partial charge in [-0.1, -0.05) is 18.2 Å². The first-order valence-electron chi connectivity index (χ1n) is 6.28. The summed E-state index contributed by atoms with van der Waals surface area (Å²) in [5.41, 5.74) is 1.49. The van der Waals surface area contributed by atoms with Crippen LogP contribution in [0.4, 0.5) is 0 Å². The number of carbonyl (C=O) groups is 1. The molecule has 3 N–H and O–H groups in total. The standard InChI is InChI=1S/C14H16N2O2/c17-13(9-5-6-9)8-15-14(18)12-7-10-3-1-2-4-11(10)16-12/h1-4,7,9,13,16-17H,5-6,8H2,(H,15,18). The summed E-state index contributed by atoms with van der Waals surface area (Å²) in [6, 6.07) is 9.59. The van der Waals surface area contributed by atoms with E-state index in [9.17, 15) is 9.90 Å². The second-order valence-corrected chi connectivity index (χ2v) is 4.89. The smallest absolute Gasteiger partial charge is 0.267 e. The van der Waals surface area contributed by atoms with Gasteiger partial charge in [0.15, 0.2) is 0 Å². The number of amides is 1. The molecule has 0 radical (unpaired) electrons. The van der Waals surface area contributed by atoms with Crippen LogP contribution in [0, 0.1) is 5.92 Å². The van der Waals surface area contributed by atoms with Crippen molar-refractivity contribution in [2.24, 2.45) is 5.92 Å². The maximum atomic E-state index is 11.9. The Balaban J connectivity index is 1.67. The minimum atomic E-state index is -0.404. The number of H-pyrrole nitrogens is 1. The molecule has 18 heavy (non-hydrogen) atoms. The van der Waals surface area contributed by atoms with Gasteiger partial charge in [0, 0.05) is 17.4 Å². The van der Waals surface area contributed by atoms with Crippen molar-refractivity contribution in [3.05, 3.63) is 36.0 Å². The van der Waals surface area contributed by atoms with E-state index in [-0.39, 0.29) is 5.91 Å². The average Bonchev–Trinajstić information content (AvgIpc) is 3.14. The van der Waals surface area contributed by atoms with E-state index in [1.165, 1.54) is 0 Å². The minimum Gasteiger partial charge on any atom is -0.391 e. The van der Waals surface area contributed by atoms with E-state index in [4.69, 9.17) is 0 Å². The molecule has 1 atom stereocenters. The number of aliphatic hydroxyl groups excluding tert-OH is 1. The maximum Gasteiger partial charge on any atom is 0.267 e. The van der Waals surface area contributed by atoms with Gasteiger partial charge in [0.25, 0.3) is 5.91 Å². The number of benzene rings is 1. The molecular weight excluding hydrogens is 228 g/mol. The molecule has 1 fully saturated rings. The molecular formula is C14H16N2O2. The monoisotopic (exact) mass is 244 g/mol. The highest BCUT2D eigenvalue weighted by Gasteiger charge is 2.29. The van der Waals surface area contributed by atoms with Gasteiger partial charge in [-0.2, -0.15) is 0 Å². The maximum absolute atomic E-state index is 11.9. The number of hydrogen-bond donors (Lipinski definition) is 3. The van der Waals surface area contributed by atoms with Crippen molar-refractivity contribution < 1.29 is 9.90 Å². The van der Waals surface area contributed by atoms with E-state index in [1.807, 2.05) is 30.3 Å². The van der Waals surface area contributed by atoms with Crippen molar-refractivity contribution in [3.8, 4) is 0 Å². The zero-order valence-electron chi connectivity index (χ0n) is 10.0. The number of aliphatic hydroxyl groups is 1. The highest BCUT2D eigenvalue weighted by atomic mass is 16.3. The zero-order valence-corrected chi connectivity index (χ0v) is 10.0. The Morgan fingerprint density at radius 3 is 2.94 bits per heavy atom. The third-order valence-electron chi connectivity index (χ3n) is 3.41. The van der Waals surface area contributed by atoms with E-state index in [0.717, 1.165) is 23.7 Å². The Kier molecular flexibility index (Phi) is 2.80. The number of carbonyl (C=O) groups excluding carboxylic acids is 1. The normalized spacial score (nSPS) is 16.7. The van der Waals surface area contributed by atoms with Crippen LogP contribution in [0.2, 0.25) is 0 Å². The molecule has 1 saturated carbocycles. The molecule has 94 valence electrons. The van der Waals surface area contributed by atoms with Crippen LogP contribution in [0.1, 0.15) is 23.3 Å². The SMILES string of the molecule is O=C(NCC(O)C1CC1)c1cc2ccccc2[nH]1. The Bertz CT molecular complexity index is 539. The predicted octanol–water partition coefficient (Wildman–Crippen LogP) is 1.67. The van der Waals surface area contributed by atoms with Crippen molar-refractivity contribution in [2.45, 2.75) is 18.9 Å². The highest BCUT2D eigenvalue weighted by molar-refractivity contribution is 5.97. The van der Waals surface area contributed by atoms with Crippen LogP contribution in [0.15, 0.2) is 30.3 Å². The minimum absolute atomic E-state index is 0.161. The van der Waals surface area contributed by atoms with E-state index >= 15 is 0 Å². The van der Waals surface area contributed by atoms with Gasteiger partial charge in [-0.15, -0.1) is 0 Å². The molecule has 1 heterocycles. The fourth-order valence-corrected chi connectivity index (χ4v) is 2.14. The van der Waals surface area contributed by atoms with Gasteiger partial charge in [-0.25, -0.2) is 0 Å². The van der Waals surface area contributed by atoms with Gasteiger partial charge in [-0.3, -0.25) is 4.79 Å². The van der Waals surface area contributed by atoms with Crippen molar-refractivity contribution in [3.63, 3.8) is 0 Å². The topological polar surface area (TPSA) is 65.1 Å². The van der Waals surface area contributed by atoms with Crippen LogP contribution in [0.25, 0.3) is 10.9 Å². The van der Waals surface area contributed by atoms with Crippen LogP contribution in [-0.4, -0.2) is 28.6 Å². The molecule has 1 unspecified atom stereocenters. The Labute approximate surface area is 105 Å². The molecule has 4 nitrogen and oxygen atoms in total. The number of nitrogens with one attached hydrogen (secondary N) is 2. The van der Waals surface area contributed by atoms with E-state index in [2.05, 4.69) is 10.3 Å². The molecule has 2 aromatic rings. The quantitative estimate of drug-likeness (QED) is 0.766. The summed E-state index contributed by atoms with van der Waals surface area (Å²) in [6.45, 7) is 0.332. The van der Waals surface area contributed by atoms with Gasteiger partial charge < -0.3 is 15.4 Å². The predicted molar refractivity (Wildman–Crippen MR) is 69.4 cm³/mol. The third kappa shape index (κ3) is 2.24. The first-order valence-corrected chi connectivity index (χ1v) is 6.28. The molecule has 0 bridgehead atoms. The van der Waals surface area contributed by atoms with E-state index in [1.54, 1.807) is 0 Å². The van der Waals surface area contributed by atoms with Crippen molar-refractivity contribution in [1.29, 1.82) is 0 Å². The summed E-state index contributed by atoms with van der Waals surface area (Å²) in [5, 5.41) is 13.5.